The highest BCUT2D eigenvalue weighted by Crippen LogP contribution is 2.01. The van der Waals surface area contributed by atoms with Crippen molar-refractivity contribution < 1.29 is 38.1 Å². The molecule has 0 bridgehead atoms. The van der Waals surface area contributed by atoms with Crippen LogP contribution in [0.15, 0.2) is 30.3 Å². The summed E-state index contributed by atoms with van der Waals surface area (Å²) >= 11 is 0. The van der Waals surface area contributed by atoms with Crippen LogP contribution < -0.4 is 0 Å². The molecule has 0 saturated carbocycles. The van der Waals surface area contributed by atoms with Crippen molar-refractivity contribution in [1.29, 1.82) is 0 Å². The van der Waals surface area contributed by atoms with Gasteiger partial charge < -0.3 is 23.7 Å². The van der Waals surface area contributed by atoms with Gasteiger partial charge in [-0.25, -0.2) is 4.79 Å². The quantitative estimate of drug-likeness (QED) is 0.154. The topological polar surface area (TPSA) is 97.4 Å². The summed E-state index contributed by atoms with van der Waals surface area (Å²) in [6.45, 7) is 4.34. The van der Waals surface area contributed by atoms with Crippen molar-refractivity contribution >= 4 is 17.7 Å². The summed E-state index contributed by atoms with van der Waals surface area (Å²) in [6.07, 6.45) is 3.43. The lowest BCUT2D eigenvalue weighted by atomic mass is 10.1. The fourth-order valence-corrected chi connectivity index (χ4v) is 2.31. The zero-order chi connectivity index (χ0) is 21.9. The molecule has 1 aromatic carbocycles. The Hall–Kier alpha value is -2.29. The van der Waals surface area contributed by atoms with Gasteiger partial charge in [0.1, 0.15) is 13.2 Å². The van der Waals surface area contributed by atoms with Crippen LogP contribution in [-0.2, 0) is 33.3 Å². The van der Waals surface area contributed by atoms with Crippen LogP contribution in [0.1, 0.15) is 43.0 Å². The Morgan fingerprint density at radius 3 is 1.80 bits per heavy atom. The lowest BCUT2D eigenvalue weighted by molar-refractivity contribution is -0.145. The predicted molar refractivity (Wildman–Crippen MR) is 109 cm³/mol. The maximum Gasteiger partial charge on any atom is 0.379 e. The first-order valence-electron chi connectivity index (χ1n) is 10.3. The number of carbonyl (C=O) groups is 3. The van der Waals surface area contributed by atoms with Crippen molar-refractivity contribution in [3.05, 3.63) is 35.9 Å². The molecule has 8 heteroatoms. The molecule has 0 saturated heterocycles. The molecule has 0 radical (unpaired) electrons. The van der Waals surface area contributed by atoms with Crippen LogP contribution in [0.4, 0.5) is 0 Å². The van der Waals surface area contributed by atoms with Gasteiger partial charge in [-0.3, -0.25) is 9.59 Å². The molecule has 0 heterocycles. The molecule has 0 aliphatic carbocycles. The van der Waals surface area contributed by atoms with Gasteiger partial charge in [0.2, 0.25) is 0 Å². The number of benzene rings is 1. The van der Waals surface area contributed by atoms with E-state index in [1.54, 1.807) is 30.3 Å². The molecule has 0 N–H and O–H groups in total. The number of ketones is 1. The van der Waals surface area contributed by atoms with Gasteiger partial charge in [0, 0.05) is 12.0 Å². The average molecular weight is 424 g/mol. The van der Waals surface area contributed by atoms with E-state index in [9.17, 15) is 14.4 Å². The first-order chi connectivity index (χ1) is 14.6. The minimum atomic E-state index is -0.898. The van der Waals surface area contributed by atoms with Crippen LogP contribution >= 0.6 is 0 Å². The van der Waals surface area contributed by atoms with E-state index < -0.39 is 11.8 Å². The molecule has 0 unspecified atom stereocenters. The monoisotopic (exact) mass is 424 g/mol. The zero-order valence-corrected chi connectivity index (χ0v) is 17.6. The number of hydrogen-bond acceptors (Lipinski definition) is 8. The lowest BCUT2D eigenvalue weighted by Crippen LogP contribution is -2.20. The van der Waals surface area contributed by atoms with Gasteiger partial charge >= 0.3 is 11.9 Å². The summed E-state index contributed by atoms with van der Waals surface area (Å²) in [5.74, 6) is -1.76. The van der Waals surface area contributed by atoms with E-state index in [0.717, 1.165) is 19.3 Å². The second kappa shape index (κ2) is 17.6. The van der Waals surface area contributed by atoms with Crippen LogP contribution in [0.3, 0.4) is 0 Å². The van der Waals surface area contributed by atoms with Crippen LogP contribution in [-0.4, -0.2) is 70.6 Å². The van der Waals surface area contributed by atoms with Gasteiger partial charge in [0.15, 0.2) is 0 Å². The summed E-state index contributed by atoms with van der Waals surface area (Å²) in [5.41, 5.74) is 0.296. The van der Waals surface area contributed by atoms with E-state index >= 15 is 0 Å². The zero-order valence-electron chi connectivity index (χ0n) is 17.6. The van der Waals surface area contributed by atoms with Gasteiger partial charge in [0.05, 0.1) is 39.6 Å². The fraction of sp³-hybridized carbons (Fsp3) is 0.591. The SMILES string of the molecule is CCCCCC(=O)OCCOCCOCCOCCOC(=O)C(=O)c1ccccc1. The molecule has 0 aromatic heterocycles. The van der Waals surface area contributed by atoms with Gasteiger partial charge in [-0.1, -0.05) is 50.1 Å². The van der Waals surface area contributed by atoms with Crippen molar-refractivity contribution in [2.45, 2.75) is 32.6 Å². The highest BCUT2D eigenvalue weighted by molar-refractivity contribution is 6.40. The number of unbranched alkanes of at least 4 members (excludes halogenated alkanes) is 2. The highest BCUT2D eigenvalue weighted by atomic mass is 16.6. The third-order valence-electron chi connectivity index (χ3n) is 3.90. The van der Waals surface area contributed by atoms with Crippen molar-refractivity contribution in [2.75, 3.05) is 52.9 Å². The smallest absolute Gasteiger partial charge is 0.379 e. The molecule has 0 atom stereocenters. The molecule has 168 valence electrons. The third kappa shape index (κ3) is 13.0. The average Bonchev–Trinajstić information content (AvgIpc) is 2.77. The summed E-state index contributed by atoms with van der Waals surface area (Å²) in [5, 5.41) is 0. The standard InChI is InChI=1S/C22H32O8/c1-2-3-5-10-20(23)29-17-15-27-13-11-26-12-14-28-16-18-30-22(25)21(24)19-8-6-4-7-9-19/h4,6-9H,2-3,5,10-18H2,1H3. The van der Waals surface area contributed by atoms with Gasteiger partial charge in [-0.15, -0.1) is 0 Å². The number of rotatable bonds is 18. The van der Waals surface area contributed by atoms with E-state index in [0.29, 0.717) is 45.0 Å². The van der Waals surface area contributed by atoms with Crippen molar-refractivity contribution in [3.63, 3.8) is 0 Å². The third-order valence-corrected chi connectivity index (χ3v) is 3.90. The van der Waals surface area contributed by atoms with Crippen LogP contribution in [0, 0.1) is 0 Å². The molecule has 0 amide bonds. The molecular formula is C22H32O8. The molecule has 8 nitrogen and oxygen atoms in total. The maximum absolute atomic E-state index is 11.8. The van der Waals surface area contributed by atoms with E-state index in [4.69, 9.17) is 23.7 Å². The number of esters is 2. The van der Waals surface area contributed by atoms with E-state index in [-0.39, 0.29) is 25.8 Å². The maximum atomic E-state index is 11.8. The highest BCUT2D eigenvalue weighted by Gasteiger charge is 2.16. The molecule has 30 heavy (non-hydrogen) atoms. The summed E-state index contributed by atoms with van der Waals surface area (Å²) in [4.78, 5) is 34.8. The Morgan fingerprint density at radius 1 is 0.700 bits per heavy atom. The van der Waals surface area contributed by atoms with Crippen LogP contribution in [0.25, 0.3) is 0 Å². The number of hydrogen-bond donors (Lipinski definition) is 0. The molecule has 1 aromatic rings. The van der Waals surface area contributed by atoms with Gasteiger partial charge in [-0.05, 0) is 6.42 Å². The normalized spacial score (nSPS) is 10.6. The van der Waals surface area contributed by atoms with Crippen LogP contribution in [0.2, 0.25) is 0 Å². The van der Waals surface area contributed by atoms with Crippen molar-refractivity contribution in [2.24, 2.45) is 0 Å². The summed E-state index contributed by atoms with van der Waals surface area (Å²) < 4.78 is 25.8. The summed E-state index contributed by atoms with van der Waals surface area (Å²) in [7, 11) is 0. The number of ether oxygens (including phenoxy) is 5. The first kappa shape index (κ1) is 25.7. The molecule has 0 fully saturated rings. The Bertz CT molecular complexity index is 602. The number of carbonyl (C=O) groups excluding carboxylic acids is 3. The second-order valence-electron chi connectivity index (χ2n) is 6.35. The lowest BCUT2D eigenvalue weighted by Gasteiger charge is -2.08. The van der Waals surface area contributed by atoms with E-state index in [2.05, 4.69) is 6.92 Å². The predicted octanol–water partition coefficient (Wildman–Crippen LogP) is 2.59. The Labute approximate surface area is 177 Å². The van der Waals surface area contributed by atoms with Crippen LogP contribution in [0.5, 0.6) is 0 Å². The molecule has 1 rings (SSSR count). The fourth-order valence-electron chi connectivity index (χ4n) is 2.31. The number of Topliss-reactive ketones (excluding diaryl/α,β-unsaturated/α-hetero) is 1. The second-order valence-corrected chi connectivity index (χ2v) is 6.35. The minimum Gasteiger partial charge on any atom is -0.463 e. The molecule has 0 aliphatic rings. The largest absolute Gasteiger partial charge is 0.463 e. The Kier molecular flexibility index (Phi) is 15.1. The Balaban J connectivity index is 1.85. The summed E-state index contributed by atoms with van der Waals surface area (Å²) in [6, 6.07) is 8.24. The van der Waals surface area contributed by atoms with Crippen molar-refractivity contribution in [3.8, 4) is 0 Å². The molecule has 0 aliphatic heterocycles. The molecular weight excluding hydrogens is 392 g/mol. The van der Waals surface area contributed by atoms with Gasteiger partial charge in [0.25, 0.3) is 5.78 Å². The van der Waals surface area contributed by atoms with E-state index in [1.165, 1.54) is 0 Å². The van der Waals surface area contributed by atoms with Gasteiger partial charge in [-0.2, -0.15) is 0 Å². The Morgan fingerprint density at radius 2 is 1.23 bits per heavy atom. The molecule has 0 spiro atoms. The first-order valence-corrected chi connectivity index (χ1v) is 10.3. The van der Waals surface area contributed by atoms with E-state index in [1.807, 2.05) is 0 Å². The minimum absolute atomic E-state index is 0.00230. The van der Waals surface area contributed by atoms with Crippen molar-refractivity contribution in [1.82, 2.24) is 0 Å².